The number of hydrogen-bond donors (Lipinski definition) is 0. The van der Waals surface area contributed by atoms with Gasteiger partial charge in [-0.3, -0.25) is 14.5 Å². The fourth-order valence-corrected chi connectivity index (χ4v) is 3.12. The molecule has 0 N–H and O–H groups in total. The molecule has 19 heavy (non-hydrogen) atoms. The van der Waals surface area contributed by atoms with Crippen LogP contribution >= 0.6 is 15.9 Å². The molecule has 4 nitrogen and oxygen atoms in total. The van der Waals surface area contributed by atoms with Crippen molar-refractivity contribution in [3.8, 4) is 0 Å². The lowest BCUT2D eigenvalue weighted by Gasteiger charge is -2.45. The molecule has 0 atom stereocenters. The molecule has 0 spiro atoms. The maximum absolute atomic E-state index is 4.58. The molecular weight excluding hydrogens is 304 g/mol. The van der Waals surface area contributed by atoms with Gasteiger partial charge in [-0.2, -0.15) is 5.10 Å². The zero-order valence-corrected chi connectivity index (χ0v) is 14.3. The van der Waals surface area contributed by atoms with Gasteiger partial charge in [0.2, 0.25) is 0 Å². The van der Waals surface area contributed by atoms with Gasteiger partial charge < -0.3 is 0 Å². The molecule has 1 saturated heterocycles. The lowest BCUT2D eigenvalue weighted by Crippen LogP contribution is -2.57. The summed E-state index contributed by atoms with van der Waals surface area (Å²) in [5.74, 6) is 0. The average molecular weight is 329 g/mol. The first-order valence-corrected chi connectivity index (χ1v) is 7.80. The Morgan fingerprint density at radius 2 is 2.00 bits per heavy atom. The van der Waals surface area contributed by atoms with Crippen molar-refractivity contribution in [2.24, 2.45) is 0 Å². The van der Waals surface area contributed by atoms with Crippen molar-refractivity contribution in [1.29, 1.82) is 0 Å². The average Bonchev–Trinajstić information content (AvgIpc) is 2.61. The Hall–Kier alpha value is -0.390. The summed E-state index contributed by atoms with van der Waals surface area (Å²) in [6.45, 7) is 14.1. The smallest absolute Gasteiger partial charge is 0.0739 e. The molecule has 0 saturated carbocycles. The zero-order chi connectivity index (χ0) is 14.2. The van der Waals surface area contributed by atoms with E-state index in [0.717, 1.165) is 38.4 Å². The summed E-state index contributed by atoms with van der Waals surface area (Å²) < 4.78 is 3.29. The van der Waals surface area contributed by atoms with E-state index in [4.69, 9.17) is 0 Å². The number of nitrogens with zero attached hydrogens (tertiary/aromatic N) is 4. The minimum absolute atomic E-state index is 0.247. The summed E-state index contributed by atoms with van der Waals surface area (Å²) in [5.41, 5.74) is 2.64. The molecule has 0 amide bonds. The fraction of sp³-hybridized carbons (Fsp3) is 0.786. The van der Waals surface area contributed by atoms with Crippen molar-refractivity contribution < 1.29 is 0 Å². The van der Waals surface area contributed by atoms with Crippen LogP contribution in [0.5, 0.6) is 0 Å². The predicted octanol–water partition coefficient (Wildman–Crippen LogP) is 2.50. The van der Waals surface area contributed by atoms with Crippen LogP contribution in [-0.4, -0.2) is 51.8 Å². The SMILES string of the molecule is CCn1nc(C)c(Br)c1CN1CCN(C)C(C)(C)C1. The number of rotatable bonds is 3. The number of hydrogen-bond acceptors (Lipinski definition) is 3. The lowest BCUT2D eigenvalue weighted by molar-refractivity contribution is 0.0346. The van der Waals surface area contributed by atoms with E-state index < -0.39 is 0 Å². The van der Waals surface area contributed by atoms with Gasteiger partial charge in [-0.1, -0.05) is 0 Å². The number of halogens is 1. The second-order valence-corrected chi connectivity index (χ2v) is 6.90. The van der Waals surface area contributed by atoms with E-state index >= 15 is 0 Å². The van der Waals surface area contributed by atoms with Crippen LogP contribution in [0.1, 0.15) is 32.2 Å². The molecule has 1 aromatic heterocycles. The Balaban J connectivity index is 2.14. The molecular formula is C14H25BrN4. The van der Waals surface area contributed by atoms with Crippen LogP contribution in [0.3, 0.4) is 0 Å². The number of aromatic nitrogens is 2. The van der Waals surface area contributed by atoms with Crippen LogP contribution in [0.4, 0.5) is 0 Å². The van der Waals surface area contributed by atoms with E-state index in [2.05, 4.69) is 70.3 Å². The highest BCUT2D eigenvalue weighted by molar-refractivity contribution is 9.10. The van der Waals surface area contributed by atoms with E-state index in [1.807, 2.05) is 0 Å². The van der Waals surface area contributed by atoms with Crippen molar-refractivity contribution in [2.75, 3.05) is 26.7 Å². The first-order chi connectivity index (χ1) is 8.85. The Bertz CT molecular complexity index is 453. The molecule has 5 heteroatoms. The topological polar surface area (TPSA) is 24.3 Å². The molecule has 2 rings (SSSR count). The van der Waals surface area contributed by atoms with Crippen LogP contribution in [0.15, 0.2) is 4.47 Å². The second-order valence-electron chi connectivity index (χ2n) is 6.11. The van der Waals surface area contributed by atoms with Crippen LogP contribution in [-0.2, 0) is 13.1 Å². The van der Waals surface area contributed by atoms with Crippen molar-refractivity contribution in [3.05, 3.63) is 15.9 Å². The van der Waals surface area contributed by atoms with Gasteiger partial charge in [-0.15, -0.1) is 0 Å². The summed E-state index contributed by atoms with van der Waals surface area (Å²) in [4.78, 5) is 4.98. The number of piperazine rings is 1. The number of likely N-dealkylation sites (N-methyl/N-ethyl adjacent to an activating group) is 1. The first-order valence-electron chi connectivity index (χ1n) is 7.00. The van der Waals surface area contributed by atoms with Crippen LogP contribution in [0.25, 0.3) is 0 Å². The standard InChI is InChI=1S/C14H25BrN4/c1-6-19-12(13(15)11(2)16-19)9-18-8-7-17(5)14(3,4)10-18/h6-10H2,1-5H3. The zero-order valence-electron chi connectivity index (χ0n) is 12.7. The monoisotopic (exact) mass is 328 g/mol. The van der Waals surface area contributed by atoms with Crippen LogP contribution in [0, 0.1) is 6.92 Å². The van der Waals surface area contributed by atoms with E-state index in [1.165, 1.54) is 10.2 Å². The molecule has 108 valence electrons. The number of aryl methyl sites for hydroxylation is 2. The first kappa shape index (κ1) is 15.0. The molecule has 0 unspecified atom stereocenters. The summed E-state index contributed by atoms with van der Waals surface area (Å²) >= 11 is 3.69. The Kier molecular flexibility index (Phi) is 4.38. The largest absolute Gasteiger partial charge is 0.299 e. The molecule has 1 aliphatic heterocycles. The van der Waals surface area contributed by atoms with Crippen LogP contribution < -0.4 is 0 Å². The van der Waals surface area contributed by atoms with Gasteiger partial charge in [0.1, 0.15) is 0 Å². The van der Waals surface area contributed by atoms with E-state index in [-0.39, 0.29) is 5.54 Å². The third-order valence-corrected chi connectivity index (χ3v) is 5.25. The van der Waals surface area contributed by atoms with Crippen molar-refractivity contribution in [1.82, 2.24) is 19.6 Å². The third-order valence-electron chi connectivity index (χ3n) is 4.22. The van der Waals surface area contributed by atoms with Gasteiger partial charge in [0.25, 0.3) is 0 Å². The highest BCUT2D eigenvalue weighted by atomic mass is 79.9. The molecule has 0 bridgehead atoms. The Labute approximate surface area is 124 Å². The maximum Gasteiger partial charge on any atom is 0.0739 e. The highest BCUT2D eigenvalue weighted by Gasteiger charge is 2.31. The summed E-state index contributed by atoms with van der Waals surface area (Å²) in [7, 11) is 2.22. The molecule has 0 aromatic carbocycles. The Morgan fingerprint density at radius 3 is 2.58 bits per heavy atom. The van der Waals surface area contributed by atoms with Crippen molar-refractivity contribution in [2.45, 2.75) is 46.3 Å². The van der Waals surface area contributed by atoms with E-state index in [9.17, 15) is 0 Å². The highest BCUT2D eigenvalue weighted by Crippen LogP contribution is 2.25. The lowest BCUT2D eigenvalue weighted by atomic mass is 9.99. The summed E-state index contributed by atoms with van der Waals surface area (Å²) in [6, 6.07) is 0. The molecule has 2 heterocycles. The fourth-order valence-electron chi connectivity index (χ4n) is 2.71. The second kappa shape index (κ2) is 5.54. The minimum Gasteiger partial charge on any atom is -0.299 e. The predicted molar refractivity (Wildman–Crippen MR) is 82.3 cm³/mol. The maximum atomic E-state index is 4.58. The third kappa shape index (κ3) is 3.03. The summed E-state index contributed by atoms with van der Waals surface area (Å²) in [6.07, 6.45) is 0. The van der Waals surface area contributed by atoms with Crippen molar-refractivity contribution in [3.63, 3.8) is 0 Å². The molecule has 0 aliphatic carbocycles. The van der Waals surface area contributed by atoms with E-state index in [1.54, 1.807) is 0 Å². The van der Waals surface area contributed by atoms with Gasteiger partial charge in [0.05, 0.1) is 15.9 Å². The van der Waals surface area contributed by atoms with Crippen LogP contribution in [0.2, 0.25) is 0 Å². The quantitative estimate of drug-likeness (QED) is 0.852. The van der Waals surface area contributed by atoms with Gasteiger partial charge in [-0.25, -0.2) is 0 Å². The van der Waals surface area contributed by atoms with Gasteiger partial charge in [0.15, 0.2) is 0 Å². The Morgan fingerprint density at radius 1 is 1.32 bits per heavy atom. The molecule has 0 radical (unpaired) electrons. The normalized spacial score (nSPS) is 20.9. The van der Waals surface area contributed by atoms with Crippen molar-refractivity contribution >= 4 is 15.9 Å². The minimum atomic E-state index is 0.247. The van der Waals surface area contributed by atoms with Gasteiger partial charge >= 0.3 is 0 Å². The van der Waals surface area contributed by atoms with Gasteiger partial charge in [0, 0.05) is 38.3 Å². The van der Waals surface area contributed by atoms with E-state index in [0.29, 0.717) is 0 Å². The molecule has 1 aromatic rings. The molecule has 1 fully saturated rings. The van der Waals surface area contributed by atoms with Gasteiger partial charge in [-0.05, 0) is 50.7 Å². The summed E-state index contributed by atoms with van der Waals surface area (Å²) in [5, 5.41) is 4.58. The molecule has 1 aliphatic rings.